The van der Waals surface area contributed by atoms with Crippen molar-refractivity contribution in [2.75, 3.05) is 6.61 Å². The van der Waals surface area contributed by atoms with Gasteiger partial charge in [0.2, 0.25) is 5.88 Å². The van der Waals surface area contributed by atoms with Gasteiger partial charge >= 0.3 is 0 Å². The quantitative estimate of drug-likeness (QED) is 0.0629. The summed E-state index contributed by atoms with van der Waals surface area (Å²) in [5, 5.41) is 21.0. The van der Waals surface area contributed by atoms with Crippen molar-refractivity contribution in [3.8, 4) is 22.8 Å². The Morgan fingerprint density at radius 1 is 0.548 bits per heavy atom. The molecule has 4 aliphatic carbocycles. The van der Waals surface area contributed by atoms with Gasteiger partial charge in [-0.2, -0.15) is 0 Å². The monoisotopic (exact) mass is 835 g/mol. The molecule has 0 saturated heterocycles. The molecule has 0 radical (unpaired) electrons. The summed E-state index contributed by atoms with van der Waals surface area (Å²) < 4.78 is 10.2. The number of hydrogen-bond donors (Lipinski definition) is 1. The summed E-state index contributed by atoms with van der Waals surface area (Å²) in [7, 11) is 0. The van der Waals surface area contributed by atoms with Gasteiger partial charge in [0.25, 0.3) is 16.7 Å². The van der Waals surface area contributed by atoms with Crippen LogP contribution in [0.15, 0.2) is 55.8 Å². The summed E-state index contributed by atoms with van der Waals surface area (Å²) in [6.45, 7) is 2.79. The number of aromatic nitrogens is 2. The number of unbranched alkanes of at least 4 members (excludes halogenated alkanes) is 9. The summed E-state index contributed by atoms with van der Waals surface area (Å²) in [6, 6.07) is 12.0. The normalized spacial score (nSPS) is 18.0. The van der Waals surface area contributed by atoms with E-state index in [2.05, 4.69) is 19.1 Å². The van der Waals surface area contributed by atoms with Crippen LogP contribution in [0.25, 0.3) is 65.0 Å². The van der Waals surface area contributed by atoms with Crippen molar-refractivity contribution in [2.24, 2.45) is 4.99 Å². The average Bonchev–Trinajstić information content (AvgIpc) is 3.30. The fraction of sp³-hybridized carbons (Fsp3) is 0.556. The molecule has 1 aromatic heterocycles. The van der Waals surface area contributed by atoms with Crippen molar-refractivity contribution >= 4 is 53.9 Å². The number of ether oxygens (including phenoxy) is 1. The van der Waals surface area contributed by atoms with Crippen LogP contribution >= 0.6 is 0 Å². The standard InChI is InChI=1S/C54H65N3O5/c1-2-3-4-5-6-7-8-9-10-20-31-62-44-33-42-46-40(52(59)57(54(42)61)36-25-18-13-19-26-36)29-27-37-47-43(55-34-21-14-11-15-22-34)32-41-45-39(30-28-38(49(45)47)48(44)50(37)46)51(58)56(53(41)60)35-23-16-12-17-24-35/h27-30,32-36,61H,2-26,31H2,1H3. The summed E-state index contributed by atoms with van der Waals surface area (Å²) in [6.07, 6.45) is 27.6. The second kappa shape index (κ2) is 17.8. The van der Waals surface area contributed by atoms with E-state index in [1.807, 2.05) is 24.3 Å². The number of benzene rings is 5. The zero-order chi connectivity index (χ0) is 42.3. The molecule has 8 heteroatoms. The minimum atomic E-state index is -0.209. The van der Waals surface area contributed by atoms with Crippen LogP contribution in [0, 0.1) is 0 Å². The van der Waals surface area contributed by atoms with Crippen molar-refractivity contribution in [1.29, 1.82) is 0 Å². The number of aromatic hydroxyl groups is 1. The third-order valence-electron chi connectivity index (χ3n) is 15.4. The molecular formula is C54H65N3O5. The Morgan fingerprint density at radius 2 is 1.10 bits per heavy atom. The van der Waals surface area contributed by atoms with Gasteiger partial charge < -0.3 is 9.84 Å². The van der Waals surface area contributed by atoms with E-state index in [9.17, 15) is 19.5 Å². The van der Waals surface area contributed by atoms with Gasteiger partial charge in [0.1, 0.15) is 5.75 Å². The van der Waals surface area contributed by atoms with Gasteiger partial charge in [-0.15, -0.1) is 0 Å². The third-order valence-corrected chi connectivity index (χ3v) is 15.4. The van der Waals surface area contributed by atoms with Gasteiger partial charge in [0.05, 0.1) is 23.6 Å². The van der Waals surface area contributed by atoms with E-state index in [0.29, 0.717) is 39.6 Å². The van der Waals surface area contributed by atoms with Crippen molar-refractivity contribution in [2.45, 2.75) is 186 Å². The van der Waals surface area contributed by atoms with Crippen LogP contribution in [0.2, 0.25) is 0 Å². The van der Waals surface area contributed by atoms with Crippen LogP contribution in [0.3, 0.4) is 0 Å². The van der Waals surface area contributed by atoms with Gasteiger partial charge in [-0.3, -0.25) is 28.5 Å². The molecule has 62 heavy (non-hydrogen) atoms. The second-order valence-corrected chi connectivity index (χ2v) is 19.5. The molecule has 8 nitrogen and oxygen atoms in total. The largest absolute Gasteiger partial charge is 0.494 e. The number of fused-ring (bicyclic) bond motifs is 2. The van der Waals surface area contributed by atoms with Gasteiger partial charge in [0.15, 0.2) is 0 Å². The van der Waals surface area contributed by atoms with Gasteiger partial charge in [0, 0.05) is 60.7 Å². The zero-order valence-corrected chi connectivity index (χ0v) is 37.0. The predicted molar refractivity (Wildman–Crippen MR) is 255 cm³/mol. The smallest absolute Gasteiger partial charge is 0.261 e. The highest BCUT2D eigenvalue weighted by Gasteiger charge is 2.32. The highest BCUT2D eigenvalue weighted by atomic mass is 16.5. The second-order valence-electron chi connectivity index (χ2n) is 19.5. The average molecular weight is 836 g/mol. The Hall–Kier alpha value is -4.72. The lowest BCUT2D eigenvalue weighted by Gasteiger charge is -2.28. The third kappa shape index (κ3) is 7.21. The van der Waals surface area contributed by atoms with Crippen LogP contribution < -0.4 is 26.8 Å². The van der Waals surface area contributed by atoms with Gasteiger partial charge in [-0.05, 0) is 80.0 Å². The Balaban J connectivity index is 1.20. The molecule has 1 N–H and O–H groups in total. The molecule has 0 atom stereocenters. The van der Waals surface area contributed by atoms with Crippen molar-refractivity contribution < 1.29 is 9.84 Å². The maximum atomic E-state index is 14.9. The highest BCUT2D eigenvalue weighted by Crippen LogP contribution is 2.50. The molecule has 0 spiro atoms. The summed E-state index contributed by atoms with van der Waals surface area (Å²) in [5.74, 6) is 0.685. The first-order valence-electron chi connectivity index (χ1n) is 24.9. The predicted octanol–water partition coefficient (Wildman–Crippen LogP) is 12.8. The summed E-state index contributed by atoms with van der Waals surface area (Å²) in [4.78, 5) is 49.7. The van der Waals surface area contributed by atoms with Crippen molar-refractivity contribution in [3.05, 3.63) is 72.8 Å². The van der Waals surface area contributed by atoms with Crippen LogP contribution in [0.1, 0.15) is 180 Å². The fourth-order valence-electron chi connectivity index (χ4n) is 12.2. The minimum absolute atomic E-state index is 0.0176. The van der Waals surface area contributed by atoms with Crippen LogP contribution in [-0.2, 0) is 0 Å². The number of nitrogens with zero attached hydrogens (tertiary/aromatic N) is 3. The molecule has 0 unspecified atom stereocenters. The molecule has 3 saturated carbocycles. The lowest BCUT2D eigenvalue weighted by molar-refractivity contribution is 0.305. The maximum Gasteiger partial charge on any atom is 0.261 e. The Morgan fingerprint density at radius 3 is 1.76 bits per heavy atom. The highest BCUT2D eigenvalue weighted by molar-refractivity contribution is 6.38. The first-order valence-corrected chi connectivity index (χ1v) is 24.9. The van der Waals surface area contributed by atoms with Crippen molar-refractivity contribution in [3.63, 3.8) is 0 Å². The SMILES string of the molecule is CCCCCCCCCCCCOc1cc2c(O)n(C3CCCCC3)c(=O)c3ccc4c5c(=NC6CCCCC6)cc6c(=O)n(C7CCCCC7)c(=O)c7ccc(c5c7-6)c1c4c23. The van der Waals surface area contributed by atoms with E-state index in [1.165, 1.54) is 57.8 Å². The van der Waals surface area contributed by atoms with Crippen molar-refractivity contribution in [1.82, 2.24) is 9.13 Å². The molecule has 0 bridgehead atoms. The fourth-order valence-corrected chi connectivity index (χ4v) is 12.2. The lowest BCUT2D eigenvalue weighted by Crippen LogP contribution is -2.39. The molecule has 4 aromatic carbocycles. The van der Waals surface area contributed by atoms with Crippen LogP contribution in [0.5, 0.6) is 11.6 Å². The van der Waals surface area contributed by atoms with Gasteiger partial charge in [-0.1, -0.05) is 135 Å². The molecule has 5 aromatic rings. The van der Waals surface area contributed by atoms with E-state index in [1.54, 1.807) is 9.13 Å². The molecule has 5 aliphatic rings. The maximum absolute atomic E-state index is 14.9. The van der Waals surface area contributed by atoms with E-state index in [4.69, 9.17) is 9.73 Å². The number of rotatable bonds is 15. The first-order chi connectivity index (χ1) is 30.5. The molecule has 1 aliphatic heterocycles. The number of hydrogen-bond acceptors (Lipinski definition) is 6. The van der Waals surface area contributed by atoms with E-state index in [0.717, 1.165) is 146 Å². The molecule has 326 valence electrons. The minimum Gasteiger partial charge on any atom is -0.494 e. The lowest BCUT2D eigenvalue weighted by atomic mass is 9.82. The summed E-state index contributed by atoms with van der Waals surface area (Å²) in [5.41, 5.74) is 0.702. The molecule has 3 fully saturated rings. The first kappa shape index (κ1) is 41.3. The Labute approximate surface area is 364 Å². The topological polar surface area (TPSA) is 103 Å². The van der Waals surface area contributed by atoms with Gasteiger partial charge in [-0.25, -0.2) is 0 Å². The Bertz CT molecular complexity index is 2910. The molecule has 10 rings (SSSR count). The molecule has 0 amide bonds. The molecular weight excluding hydrogens is 771 g/mol. The number of pyridine rings is 2. The molecule has 2 heterocycles. The van der Waals surface area contributed by atoms with E-state index in [-0.39, 0.29) is 40.7 Å². The van der Waals surface area contributed by atoms with E-state index >= 15 is 0 Å². The Kier molecular flexibility index (Phi) is 11.9. The van der Waals surface area contributed by atoms with Crippen LogP contribution in [0.4, 0.5) is 0 Å². The van der Waals surface area contributed by atoms with Crippen LogP contribution in [-0.4, -0.2) is 26.9 Å². The van der Waals surface area contributed by atoms with E-state index < -0.39 is 0 Å². The zero-order valence-electron chi connectivity index (χ0n) is 37.0. The summed E-state index contributed by atoms with van der Waals surface area (Å²) >= 11 is 0.